The lowest BCUT2D eigenvalue weighted by Gasteiger charge is -2.26. The Labute approximate surface area is 854 Å². The number of thioether (sulfide) groups is 2. The smallest absolute Gasteiger partial charge is 0.326 e. The summed E-state index contributed by atoms with van der Waals surface area (Å²) < 4.78 is 8.77. The van der Waals surface area contributed by atoms with E-state index in [4.69, 9.17) is 35.4 Å². The van der Waals surface area contributed by atoms with Crippen molar-refractivity contribution in [3.05, 3.63) is 512 Å². The number of carbonyl (C=O) groups is 4. The quantitative estimate of drug-likeness (QED) is 0.0236. The van der Waals surface area contributed by atoms with Gasteiger partial charge in [0.15, 0.2) is 14.7 Å². The van der Waals surface area contributed by atoms with E-state index in [1.807, 2.05) is 303 Å². The van der Waals surface area contributed by atoms with Gasteiger partial charge in [0.2, 0.25) is 5.69 Å². The maximum absolute atomic E-state index is 13.4. The lowest BCUT2D eigenvalue weighted by Crippen LogP contribution is -2.27. The van der Waals surface area contributed by atoms with Crippen LogP contribution < -0.4 is 39.8 Å². The molecule has 0 bridgehead atoms. The van der Waals surface area contributed by atoms with E-state index in [0.29, 0.717) is 41.3 Å². The van der Waals surface area contributed by atoms with E-state index in [0.717, 1.165) is 121 Å². The van der Waals surface area contributed by atoms with Gasteiger partial charge in [-0.15, -0.1) is 33.1 Å². The molecule has 0 spiro atoms. The topological polar surface area (TPSA) is 160 Å². The average Bonchev–Trinajstić information content (AvgIpc) is 1.67. The van der Waals surface area contributed by atoms with Crippen molar-refractivity contribution in [1.82, 2.24) is 5.43 Å². The Balaban J connectivity index is 0.000000177. The van der Waals surface area contributed by atoms with Crippen molar-refractivity contribution < 1.29 is 28.3 Å². The largest absolute Gasteiger partial charge is 0.457 e. The van der Waals surface area contributed by atoms with Crippen LogP contribution in [0.25, 0.3) is 65.6 Å². The Morgan fingerprint density at radius 1 is 0.350 bits per heavy atom. The molecule has 686 valence electrons. The Kier molecular flexibility index (Phi) is 28.0. The normalized spacial score (nSPS) is 14.7. The molecule has 0 atom stereocenters. The third kappa shape index (κ3) is 21.1. The minimum absolute atomic E-state index is 0.0565. The van der Waals surface area contributed by atoms with Gasteiger partial charge in [-0.2, -0.15) is 5.26 Å². The number of nitrogens with zero attached hydrogens (tertiary/aromatic N) is 11. The molecule has 4 aliphatic rings. The van der Waals surface area contributed by atoms with Crippen LogP contribution >= 0.6 is 70.6 Å². The van der Waals surface area contributed by atoms with Gasteiger partial charge in [0.1, 0.15) is 27.1 Å². The Morgan fingerprint density at radius 3 is 1.11 bits per heavy atom. The number of thiocarbonyl (C=S) groups is 2. The molecular formula is C120H81N12O5S6+. The molecular weight excluding hydrogens is 1880 g/mol. The third-order valence-corrected chi connectivity index (χ3v) is 28.1. The van der Waals surface area contributed by atoms with E-state index in [9.17, 15) is 24.4 Å². The number of nitrogens with one attached hydrogen (secondary N) is 1. The molecule has 4 aliphatic heterocycles. The number of rotatable bonds is 26. The van der Waals surface area contributed by atoms with Crippen molar-refractivity contribution in [3.63, 3.8) is 0 Å². The van der Waals surface area contributed by atoms with Crippen molar-refractivity contribution in [2.75, 3.05) is 34.4 Å². The summed E-state index contributed by atoms with van der Waals surface area (Å²) in [5, 5.41) is 17.8. The lowest BCUT2D eigenvalue weighted by molar-refractivity contribution is -0.485. The summed E-state index contributed by atoms with van der Waals surface area (Å²) in [7, 11) is 0. The molecule has 0 radical (unpaired) electrons. The van der Waals surface area contributed by atoms with Crippen LogP contribution in [-0.4, -0.2) is 48.5 Å². The van der Waals surface area contributed by atoms with E-state index in [1.165, 1.54) is 33.2 Å². The summed E-state index contributed by atoms with van der Waals surface area (Å²) in [5.41, 5.74) is 21.5. The second-order valence-electron chi connectivity index (χ2n) is 32.7. The first-order chi connectivity index (χ1) is 70.2. The Morgan fingerprint density at radius 2 is 0.699 bits per heavy atom. The summed E-state index contributed by atoms with van der Waals surface area (Å²) in [6.07, 6.45) is 19.6. The summed E-state index contributed by atoms with van der Waals surface area (Å²) in [6.45, 7) is 7.69. The molecule has 2 fully saturated rings. The van der Waals surface area contributed by atoms with Crippen LogP contribution in [0.4, 0.5) is 89.6 Å². The SMILES string of the molecule is O=C1/C(=C/c2ccc(N(c3ccccc3)c3ccc(/C=C/c4ccc(N(c5ccccc5)c5ccc(/C=C6\SC(=S)N(c7ccccc7)C6=O)cc5)s4)s3)cc2)SC(=S)N1c1ccccc1.[C-]#[N+]C1=NN(c2ccccc2)C(=O)/C1=C/c1ccc(N(c2ccccc2)c2ccc(/C=C/c3ccc(/C=C/c4ccc(N(c5ccccc5)c5cccc(/C=C6/C(=O)N[N+](c7ccccc7)=C6C#N)c5)cc4)o3)cc2)cc1. The van der Waals surface area contributed by atoms with Crippen molar-refractivity contribution in [3.8, 4) is 6.07 Å². The lowest BCUT2D eigenvalue weighted by atomic mass is 10.1. The molecule has 4 amide bonds. The molecule has 17 nitrogen and oxygen atoms in total. The molecule has 143 heavy (non-hydrogen) atoms. The van der Waals surface area contributed by atoms with Crippen LogP contribution in [0.1, 0.15) is 54.7 Å². The van der Waals surface area contributed by atoms with E-state index in [2.05, 4.69) is 199 Å². The van der Waals surface area contributed by atoms with Crippen molar-refractivity contribution in [1.29, 1.82) is 5.26 Å². The predicted molar refractivity (Wildman–Crippen MR) is 599 cm³/mol. The second kappa shape index (κ2) is 43.1. The van der Waals surface area contributed by atoms with Crippen LogP contribution in [-0.2, 0) is 19.2 Å². The van der Waals surface area contributed by atoms with Gasteiger partial charge in [-0.1, -0.05) is 296 Å². The van der Waals surface area contributed by atoms with Gasteiger partial charge in [-0.25, -0.2) is 0 Å². The third-order valence-electron chi connectivity index (χ3n) is 23.4. The number of anilines is 15. The van der Waals surface area contributed by atoms with Gasteiger partial charge in [0.25, 0.3) is 17.7 Å². The van der Waals surface area contributed by atoms with Crippen LogP contribution in [0, 0.1) is 17.9 Å². The number of benzene rings is 14. The fraction of sp³-hybridized carbons (Fsp3) is 0. The second-order valence-corrected chi connectivity index (χ2v) is 38.2. The molecule has 0 aliphatic carbocycles. The van der Waals surface area contributed by atoms with Crippen LogP contribution in [0.5, 0.6) is 0 Å². The maximum Gasteiger partial charge on any atom is 0.326 e. The maximum atomic E-state index is 13.4. The molecule has 21 rings (SSSR count). The van der Waals surface area contributed by atoms with Gasteiger partial charge in [0.05, 0.1) is 32.4 Å². The fourth-order valence-corrected chi connectivity index (χ4v) is 21.1. The van der Waals surface area contributed by atoms with Crippen molar-refractivity contribution >= 4 is 265 Å². The number of para-hydroxylation sites is 8. The van der Waals surface area contributed by atoms with E-state index < -0.39 is 0 Å². The summed E-state index contributed by atoms with van der Waals surface area (Å²) in [6, 6.07) is 142. The zero-order valence-corrected chi connectivity index (χ0v) is 81.0. The van der Waals surface area contributed by atoms with Gasteiger partial charge >= 0.3 is 17.5 Å². The average molecular weight is 1960 g/mol. The van der Waals surface area contributed by atoms with E-state index in [1.54, 1.807) is 56.8 Å². The van der Waals surface area contributed by atoms with Gasteiger partial charge in [0, 0.05) is 78.8 Å². The molecule has 23 heteroatoms. The number of amides is 4. The minimum atomic E-state index is -0.348. The highest BCUT2D eigenvalue weighted by molar-refractivity contribution is 8.27. The molecule has 1 N–H and O–H groups in total. The Bertz CT molecular complexity index is 7830. The molecule has 17 aromatic rings. The molecule has 14 aromatic carbocycles. The number of hydrogen-bond acceptors (Lipinski definition) is 17. The number of amidine groups is 1. The number of thiophene rings is 2. The van der Waals surface area contributed by atoms with Gasteiger partial charge in [-0.05, 0) is 275 Å². The number of furan rings is 1. The molecule has 0 saturated carbocycles. The highest BCUT2D eigenvalue weighted by atomic mass is 32.2. The number of hydrazine groups is 1. The molecule has 2 saturated heterocycles. The van der Waals surface area contributed by atoms with Gasteiger partial charge in [-0.3, -0.25) is 29.0 Å². The van der Waals surface area contributed by atoms with E-state index in [-0.39, 0.29) is 46.3 Å². The number of hydrogen-bond donors (Lipinski definition) is 1. The molecule has 7 heterocycles. The van der Waals surface area contributed by atoms with Crippen LogP contribution in [0.2, 0.25) is 0 Å². The highest BCUT2D eigenvalue weighted by Gasteiger charge is 2.39. The standard InChI is InChI=1S/C66H44N8O3.C54H36N4O2S6/c1-68-64-62(66(76)74(69-64)57-22-12-5-13-23-57)44-49-29-37-54(38-30-49)71(51-16-6-2-7-17-51)53-33-25-47(26-34-53)31-39-59-41-42-60(77-59)40-32-48-27-35-55(36-28-48)72(52-18-8-3-9-19-52)58-24-14-15-50(43-58)45-61-63(46-67)73(70-65(61)75)56-20-10-4-11-21-56;59-51-47(65-53(61)57(51)41-17-9-3-10-18-41)35-37-21-25-43(26-22-37)55(39-13-5-1-6-14-39)49-33-31-45(63-49)29-30-46-32-34-50(64-46)56(40-15-7-2-8-16-40)44-27-23-38(24-28-44)36-48-52(60)58(54(62)66-48)42-19-11-4-12-20-42/h2-45H;1-36H/p+1/b39-31+,40-32+,61-45+,62-44+;30-29+,47-35-,48-36-. The summed E-state index contributed by atoms with van der Waals surface area (Å²) in [4.78, 5) is 72.3. The number of carbonyl (C=O) groups excluding carboxylic acids is 4. The van der Waals surface area contributed by atoms with E-state index >= 15 is 0 Å². The molecule has 3 aromatic heterocycles. The fourth-order valence-electron chi connectivity index (χ4n) is 16.6. The monoisotopic (exact) mass is 1960 g/mol. The highest BCUT2D eigenvalue weighted by Crippen LogP contribution is 2.46. The van der Waals surface area contributed by atoms with Crippen molar-refractivity contribution in [2.24, 2.45) is 5.10 Å². The first-order valence-electron chi connectivity index (χ1n) is 45.5. The predicted octanol–water partition coefficient (Wildman–Crippen LogP) is 30.7. The number of hydrazone groups is 2. The minimum Gasteiger partial charge on any atom is -0.457 e. The summed E-state index contributed by atoms with van der Waals surface area (Å²) >= 11 is 17.3. The van der Waals surface area contributed by atoms with Crippen LogP contribution in [0.15, 0.2) is 455 Å². The molecule has 0 unspecified atom stereocenters. The first kappa shape index (κ1) is 92.9. The zero-order valence-electron chi connectivity index (χ0n) is 76.1. The summed E-state index contributed by atoms with van der Waals surface area (Å²) in [5.74, 6) is 0.568. The zero-order chi connectivity index (χ0) is 97.5. The number of nitriles is 1. The van der Waals surface area contributed by atoms with Crippen molar-refractivity contribution in [2.45, 2.75) is 0 Å². The first-order valence-corrected chi connectivity index (χ1v) is 49.6. The van der Waals surface area contributed by atoms with Gasteiger partial charge < -0.3 is 28.9 Å². The van der Waals surface area contributed by atoms with Crippen LogP contribution in [0.3, 0.4) is 0 Å². The Hall–Kier alpha value is -17.8.